The predicted octanol–water partition coefficient (Wildman–Crippen LogP) is 3.03. The lowest BCUT2D eigenvalue weighted by atomic mass is 10.2. The number of ether oxygens (including phenoxy) is 2. The van der Waals surface area contributed by atoms with Crippen LogP contribution in [0.3, 0.4) is 0 Å². The van der Waals surface area contributed by atoms with Crippen LogP contribution in [0.1, 0.15) is 20.3 Å². The molecular formula is C19H24N4O4. The van der Waals surface area contributed by atoms with Gasteiger partial charge < -0.3 is 25.4 Å². The zero-order chi connectivity index (χ0) is 19.6. The lowest BCUT2D eigenvalue weighted by Crippen LogP contribution is -2.36. The van der Waals surface area contributed by atoms with E-state index in [-0.39, 0.29) is 18.0 Å². The van der Waals surface area contributed by atoms with Gasteiger partial charge in [0.05, 0.1) is 25.5 Å². The molecule has 144 valence electrons. The van der Waals surface area contributed by atoms with Gasteiger partial charge in [-0.2, -0.15) is 0 Å². The van der Waals surface area contributed by atoms with Gasteiger partial charge in [-0.15, -0.1) is 0 Å². The molecule has 8 heteroatoms. The summed E-state index contributed by atoms with van der Waals surface area (Å²) in [6.07, 6.45) is 3.39. The van der Waals surface area contributed by atoms with Crippen molar-refractivity contribution in [2.45, 2.75) is 26.4 Å². The number of amides is 3. The highest BCUT2D eigenvalue weighted by atomic mass is 16.5. The van der Waals surface area contributed by atoms with E-state index in [2.05, 4.69) is 20.9 Å². The number of nitrogens with one attached hydrogen (secondary N) is 3. The highest BCUT2D eigenvalue weighted by molar-refractivity contribution is 5.94. The predicted molar refractivity (Wildman–Crippen MR) is 103 cm³/mol. The number of rotatable bonds is 8. The molecule has 0 fully saturated rings. The number of urea groups is 1. The van der Waals surface area contributed by atoms with Gasteiger partial charge in [-0.25, -0.2) is 4.79 Å². The molecule has 1 aromatic carbocycles. The fraction of sp³-hybridized carbons (Fsp3) is 0.316. The molecule has 0 saturated heterocycles. The second-order valence-electron chi connectivity index (χ2n) is 5.77. The second kappa shape index (κ2) is 10.0. The van der Waals surface area contributed by atoms with Crippen LogP contribution in [0.2, 0.25) is 0 Å². The van der Waals surface area contributed by atoms with Gasteiger partial charge in [0.15, 0.2) is 0 Å². The summed E-state index contributed by atoms with van der Waals surface area (Å²) in [4.78, 5) is 27.7. The van der Waals surface area contributed by atoms with Crippen molar-refractivity contribution in [1.29, 1.82) is 0 Å². The van der Waals surface area contributed by atoms with Crippen LogP contribution in [0, 0.1) is 0 Å². The minimum absolute atomic E-state index is 0.142. The highest BCUT2D eigenvalue weighted by Crippen LogP contribution is 2.28. The number of nitrogens with zero attached hydrogens (tertiary/aromatic N) is 1. The van der Waals surface area contributed by atoms with Crippen molar-refractivity contribution in [3.05, 3.63) is 42.7 Å². The number of carbonyl (C=O) groups is 2. The van der Waals surface area contributed by atoms with Crippen LogP contribution >= 0.6 is 0 Å². The van der Waals surface area contributed by atoms with Crippen LogP contribution in [0.25, 0.3) is 0 Å². The van der Waals surface area contributed by atoms with E-state index in [0.29, 0.717) is 35.8 Å². The number of pyridine rings is 1. The average Bonchev–Trinajstić information content (AvgIpc) is 2.67. The van der Waals surface area contributed by atoms with E-state index in [1.165, 1.54) is 7.11 Å². The first-order valence-corrected chi connectivity index (χ1v) is 8.61. The highest BCUT2D eigenvalue weighted by Gasteiger charge is 2.10. The normalized spacial score (nSPS) is 11.2. The smallest absolute Gasteiger partial charge is 0.319 e. The lowest BCUT2D eigenvalue weighted by Gasteiger charge is -2.16. The van der Waals surface area contributed by atoms with Crippen molar-refractivity contribution in [2.24, 2.45) is 0 Å². The quantitative estimate of drug-likeness (QED) is 0.661. The number of carbonyl (C=O) groups excluding carboxylic acids is 2. The van der Waals surface area contributed by atoms with E-state index in [9.17, 15) is 9.59 Å². The molecule has 3 amide bonds. The molecule has 0 bridgehead atoms. The monoisotopic (exact) mass is 372 g/mol. The first-order chi connectivity index (χ1) is 13.0. The Balaban J connectivity index is 1.89. The molecule has 27 heavy (non-hydrogen) atoms. The molecule has 1 heterocycles. The maximum Gasteiger partial charge on any atom is 0.319 e. The van der Waals surface area contributed by atoms with Gasteiger partial charge in [-0.05, 0) is 37.3 Å². The Kier molecular flexibility index (Phi) is 7.42. The molecule has 0 radical (unpaired) electrons. The molecule has 1 aromatic heterocycles. The number of hydrogen-bond donors (Lipinski definition) is 3. The van der Waals surface area contributed by atoms with Gasteiger partial charge in [0.2, 0.25) is 5.91 Å². The number of anilines is 2. The molecular weight excluding hydrogens is 348 g/mol. The Morgan fingerprint density at radius 1 is 1.22 bits per heavy atom. The molecule has 0 aliphatic heterocycles. The SMILES string of the molecule is CCC(=O)Nc1cc(NC(=O)NC[C@@H](C)Oc2cccnc2)ccc1OC. The molecule has 2 rings (SSSR count). The maximum absolute atomic E-state index is 12.1. The van der Waals surface area contributed by atoms with E-state index in [4.69, 9.17) is 9.47 Å². The van der Waals surface area contributed by atoms with Gasteiger partial charge in [0.1, 0.15) is 17.6 Å². The van der Waals surface area contributed by atoms with Crippen molar-refractivity contribution in [2.75, 3.05) is 24.3 Å². The van der Waals surface area contributed by atoms with Crippen molar-refractivity contribution >= 4 is 23.3 Å². The van der Waals surface area contributed by atoms with Crippen LogP contribution in [0.4, 0.5) is 16.2 Å². The summed E-state index contributed by atoms with van der Waals surface area (Å²) in [6, 6.07) is 8.20. The Bertz CT molecular complexity index is 768. The summed E-state index contributed by atoms with van der Waals surface area (Å²) in [5.74, 6) is 1.01. The Morgan fingerprint density at radius 2 is 2.04 bits per heavy atom. The zero-order valence-corrected chi connectivity index (χ0v) is 15.6. The topological polar surface area (TPSA) is 102 Å². The number of hydrogen-bond acceptors (Lipinski definition) is 5. The van der Waals surface area contributed by atoms with Crippen molar-refractivity contribution in [1.82, 2.24) is 10.3 Å². The van der Waals surface area contributed by atoms with E-state index >= 15 is 0 Å². The molecule has 0 unspecified atom stereocenters. The van der Waals surface area contributed by atoms with Gasteiger partial charge in [0, 0.05) is 18.3 Å². The average molecular weight is 372 g/mol. The third kappa shape index (κ3) is 6.50. The first kappa shape index (κ1) is 20.0. The van der Waals surface area contributed by atoms with Crippen LogP contribution in [0.5, 0.6) is 11.5 Å². The van der Waals surface area contributed by atoms with E-state index in [1.54, 1.807) is 49.6 Å². The number of benzene rings is 1. The standard InChI is InChI=1S/C19H24N4O4/c1-4-18(24)23-16-10-14(7-8-17(16)26-3)22-19(25)21-11-13(2)27-15-6-5-9-20-12-15/h5-10,12-13H,4,11H2,1-3H3,(H,23,24)(H2,21,22,25)/t13-/m1/s1. The molecule has 8 nitrogen and oxygen atoms in total. The van der Waals surface area contributed by atoms with E-state index in [0.717, 1.165) is 0 Å². The van der Waals surface area contributed by atoms with Gasteiger partial charge >= 0.3 is 6.03 Å². The summed E-state index contributed by atoms with van der Waals surface area (Å²) >= 11 is 0. The van der Waals surface area contributed by atoms with Crippen LogP contribution in [-0.4, -0.2) is 36.7 Å². The molecule has 0 aliphatic rings. The van der Waals surface area contributed by atoms with E-state index in [1.807, 2.05) is 6.92 Å². The summed E-state index contributed by atoms with van der Waals surface area (Å²) in [5.41, 5.74) is 1.02. The Hall–Kier alpha value is -3.29. The summed E-state index contributed by atoms with van der Waals surface area (Å²) < 4.78 is 10.9. The largest absolute Gasteiger partial charge is 0.495 e. The van der Waals surface area contributed by atoms with Gasteiger partial charge in [0.25, 0.3) is 0 Å². The first-order valence-electron chi connectivity index (χ1n) is 8.61. The lowest BCUT2D eigenvalue weighted by molar-refractivity contribution is -0.115. The number of aromatic nitrogens is 1. The molecule has 0 aliphatic carbocycles. The third-order valence-corrected chi connectivity index (χ3v) is 3.57. The zero-order valence-electron chi connectivity index (χ0n) is 15.6. The van der Waals surface area contributed by atoms with Crippen molar-refractivity contribution in [3.8, 4) is 11.5 Å². The summed E-state index contributed by atoms with van der Waals surface area (Å²) in [6.45, 7) is 3.92. The third-order valence-electron chi connectivity index (χ3n) is 3.57. The van der Waals surface area contributed by atoms with Crippen molar-refractivity contribution in [3.63, 3.8) is 0 Å². The minimum atomic E-state index is -0.380. The molecule has 1 atom stereocenters. The van der Waals surface area contributed by atoms with Crippen molar-refractivity contribution < 1.29 is 19.1 Å². The Morgan fingerprint density at radius 3 is 2.70 bits per heavy atom. The second-order valence-corrected chi connectivity index (χ2v) is 5.77. The van der Waals surface area contributed by atoms with Gasteiger partial charge in [-0.3, -0.25) is 9.78 Å². The number of methoxy groups -OCH3 is 1. The molecule has 0 spiro atoms. The molecule has 2 aromatic rings. The molecule has 3 N–H and O–H groups in total. The van der Waals surface area contributed by atoms with Crippen LogP contribution in [-0.2, 0) is 4.79 Å². The fourth-order valence-corrected chi connectivity index (χ4v) is 2.22. The maximum atomic E-state index is 12.1. The minimum Gasteiger partial charge on any atom is -0.495 e. The fourth-order valence-electron chi connectivity index (χ4n) is 2.22. The van der Waals surface area contributed by atoms with Crippen LogP contribution < -0.4 is 25.4 Å². The van der Waals surface area contributed by atoms with E-state index < -0.39 is 0 Å². The summed E-state index contributed by atoms with van der Waals surface area (Å²) in [7, 11) is 1.51. The Labute approximate surface area is 158 Å². The van der Waals surface area contributed by atoms with Gasteiger partial charge in [-0.1, -0.05) is 6.92 Å². The summed E-state index contributed by atoms with van der Waals surface area (Å²) in [5, 5.41) is 8.20. The van der Waals surface area contributed by atoms with Crippen LogP contribution in [0.15, 0.2) is 42.7 Å². The molecule has 0 saturated carbocycles.